The summed E-state index contributed by atoms with van der Waals surface area (Å²) in [6, 6.07) is 0. The average molecular weight is 161 g/mol. The molecule has 6 heteroatoms. The molecular formula is C5H5BF3N2-. The van der Waals surface area contributed by atoms with E-state index in [1.165, 1.54) is 13.1 Å². The largest absolute Gasteiger partial charge is 0.529 e. The Kier molecular flexibility index (Phi) is 1.84. The first-order valence-electron chi connectivity index (χ1n) is 2.98. The molecule has 0 spiro atoms. The van der Waals surface area contributed by atoms with E-state index in [0.717, 1.165) is 6.20 Å². The van der Waals surface area contributed by atoms with Gasteiger partial charge in [-0.25, -0.2) is 0 Å². The van der Waals surface area contributed by atoms with E-state index in [9.17, 15) is 12.9 Å². The number of aryl methyl sites for hydroxylation is 1. The molecule has 11 heavy (non-hydrogen) atoms. The summed E-state index contributed by atoms with van der Waals surface area (Å²) in [7, 11) is 0. The first-order valence-corrected chi connectivity index (χ1v) is 2.98. The van der Waals surface area contributed by atoms with Gasteiger partial charge in [0.1, 0.15) is 0 Å². The van der Waals surface area contributed by atoms with Gasteiger partial charge in [-0.2, -0.15) is 0 Å². The van der Waals surface area contributed by atoms with Crippen molar-refractivity contribution in [1.82, 2.24) is 9.97 Å². The summed E-state index contributed by atoms with van der Waals surface area (Å²) in [5.41, 5.74) is -0.605. The van der Waals surface area contributed by atoms with E-state index in [1.54, 1.807) is 0 Å². The lowest BCUT2D eigenvalue weighted by Gasteiger charge is -2.12. The van der Waals surface area contributed by atoms with Crippen LogP contribution in [0, 0.1) is 6.92 Å². The third-order valence-electron chi connectivity index (χ3n) is 1.11. The van der Waals surface area contributed by atoms with E-state index in [1.807, 2.05) is 0 Å². The fourth-order valence-corrected chi connectivity index (χ4v) is 0.641. The zero-order valence-electron chi connectivity index (χ0n) is 5.76. The smallest absolute Gasteiger partial charge is 0.444 e. The molecule has 0 atom stereocenters. The van der Waals surface area contributed by atoms with E-state index in [-0.39, 0.29) is 5.69 Å². The molecule has 0 aromatic carbocycles. The topological polar surface area (TPSA) is 25.8 Å². The molecule has 0 radical (unpaired) electrons. The van der Waals surface area contributed by atoms with Crippen LogP contribution < -0.4 is 5.59 Å². The van der Waals surface area contributed by atoms with Crippen molar-refractivity contribution < 1.29 is 12.9 Å². The van der Waals surface area contributed by atoms with Crippen LogP contribution in [0.2, 0.25) is 0 Å². The Morgan fingerprint density at radius 1 is 1.27 bits per heavy atom. The molecule has 0 fully saturated rings. The molecule has 0 unspecified atom stereocenters. The van der Waals surface area contributed by atoms with Gasteiger partial charge in [0.15, 0.2) is 0 Å². The Hall–Kier alpha value is -1.07. The van der Waals surface area contributed by atoms with Gasteiger partial charge in [0.25, 0.3) is 0 Å². The molecule has 1 rings (SSSR count). The van der Waals surface area contributed by atoms with Gasteiger partial charge >= 0.3 is 6.98 Å². The van der Waals surface area contributed by atoms with Crippen LogP contribution >= 0.6 is 0 Å². The maximum absolute atomic E-state index is 11.9. The molecule has 0 aliphatic heterocycles. The van der Waals surface area contributed by atoms with E-state index in [4.69, 9.17) is 0 Å². The van der Waals surface area contributed by atoms with Crippen LogP contribution in [0.4, 0.5) is 12.9 Å². The molecule has 0 saturated heterocycles. The van der Waals surface area contributed by atoms with Crippen LogP contribution in [0.25, 0.3) is 0 Å². The van der Waals surface area contributed by atoms with E-state index < -0.39 is 12.6 Å². The van der Waals surface area contributed by atoms with Crippen LogP contribution in [0.1, 0.15) is 5.69 Å². The third-order valence-corrected chi connectivity index (χ3v) is 1.11. The maximum Gasteiger partial charge on any atom is 0.529 e. The van der Waals surface area contributed by atoms with Crippen molar-refractivity contribution in [1.29, 1.82) is 0 Å². The maximum atomic E-state index is 11.9. The summed E-state index contributed by atoms with van der Waals surface area (Å²) in [5, 5.41) is 0. The Morgan fingerprint density at radius 2 is 1.91 bits per heavy atom. The second kappa shape index (κ2) is 2.52. The monoisotopic (exact) mass is 161 g/mol. The van der Waals surface area contributed by atoms with Crippen molar-refractivity contribution in [2.24, 2.45) is 0 Å². The van der Waals surface area contributed by atoms with Crippen LogP contribution in [0.15, 0.2) is 12.4 Å². The zero-order chi connectivity index (χ0) is 8.48. The standard InChI is InChI=1S/C5H5BF3N2/c1-4-2-10-3-5(11-4)6(7,8)9/h2-3H,1H3/q-1. The summed E-state index contributed by atoms with van der Waals surface area (Å²) < 4.78 is 35.8. The molecule has 2 nitrogen and oxygen atoms in total. The summed E-state index contributed by atoms with van der Waals surface area (Å²) >= 11 is 0. The Balaban J connectivity index is 3.06. The molecule has 0 aliphatic carbocycles. The molecule has 60 valence electrons. The fourth-order valence-electron chi connectivity index (χ4n) is 0.641. The van der Waals surface area contributed by atoms with Crippen LogP contribution in [0.5, 0.6) is 0 Å². The number of nitrogens with zero attached hydrogens (tertiary/aromatic N) is 2. The quantitative estimate of drug-likeness (QED) is 0.570. The highest BCUT2D eigenvalue weighted by Crippen LogP contribution is 2.05. The number of hydrogen-bond donors (Lipinski definition) is 0. The Morgan fingerprint density at radius 3 is 2.27 bits per heavy atom. The summed E-state index contributed by atoms with van der Waals surface area (Å²) in [6.07, 6.45) is 2.01. The van der Waals surface area contributed by atoms with Crippen molar-refractivity contribution >= 4 is 12.6 Å². The SMILES string of the molecule is Cc1cncc([B-](F)(F)F)n1. The number of halogens is 3. The first kappa shape index (κ1) is 8.04. The summed E-state index contributed by atoms with van der Waals surface area (Å²) in [4.78, 5) is 6.67. The molecule has 0 bridgehead atoms. The second-order valence-electron chi connectivity index (χ2n) is 2.16. The predicted octanol–water partition coefficient (Wildman–Crippen LogP) is 0.839. The van der Waals surface area contributed by atoms with Gasteiger partial charge in [0.05, 0.1) is 5.69 Å². The minimum atomic E-state index is -5.00. The van der Waals surface area contributed by atoms with Gasteiger partial charge in [-0.3, -0.25) is 9.97 Å². The highest BCUT2D eigenvalue weighted by atomic mass is 19.4. The van der Waals surface area contributed by atoms with Crippen molar-refractivity contribution in [2.45, 2.75) is 6.92 Å². The highest BCUT2D eigenvalue weighted by molar-refractivity contribution is 6.72. The van der Waals surface area contributed by atoms with Gasteiger partial charge in [-0.1, -0.05) is 0 Å². The Labute approximate surface area is 61.5 Å². The molecule has 0 amide bonds. The van der Waals surface area contributed by atoms with Gasteiger partial charge < -0.3 is 12.9 Å². The average Bonchev–Trinajstić information content (AvgIpc) is 1.86. The van der Waals surface area contributed by atoms with Crippen molar-refractivity contribution in [3.8, 4) is 0 Å². The van der Waals surface area contributed by atoms with Gasteiger partial charge in [0.2, 0.25) is 0 Å². The molecule has 0 saturated carbocycles. The molecule has 0 aliphatic rings. The van der Waals surface area contributed by atoms with Crippen LogP contribution in [0.3, 0.4) is 0 Å². The Bertz CT molecular complexity index is 260. The molecule has 1 heterocycles. The lowest BCUT2D eigenvalue weighted by molar-refractivity contribution is 0.497. The lowest BCUT2D eigenvalue weighted by Crippen LogP contribution is -2.37. The summed E-state index contributed by atoms with van der Waals surface area (Å²) in [6.45, 7) is -3.53. The third kappa shape index (κ3) is 1.93. The molecule has 1 aromatic heterocycles. The van der Waals surface area contributed by atoms with Crippen molar-refractivity contribution in [3.05, 3.63) is 18.1 Å². The van der Waals surface area contributed by atoms with E-state index in [2.05, 4.69) is 9.97 Å². The van der Waals surface area contributed by atoms with Crippen LogP contribution in [-0.4, -0.2) is 16.9 Å². The van der Waals surface area contributed by atoms with Gasteiger partial charge in [-0.05, 0) is 6.92 Å². The second-order valence-corrected chi connectivity index (χ2v) is 2.16. The fraction of sp³-hybridized carbons (Fsp3) is 0.200. The predicted molar refractivity (Wildman–Crippen MR) is 35.5 cm³/mol. The summed E-state index contributed by atoms with van der Waals surface area (Å²) in [5.74, 6) is 0. The molecular weight excluding hydrogens is 156 g/mol. The first-order chi connectivity index (χ1) is 5.00. The van der Waals surface area contributed by atoms with Gasteiger partial charge in [0, 0.05) is 18.0 Å². The zero-order valence-corrected chi connectivity index (χ0v) is 5.76. The van der Waals surface area contributed by atoms with E-state index in [0.29, 0.717) is 0 Å². The highest BCUT2D eigenvalue weighted by Gasteiger charge is 2.27. The minimum Gasteiger partial charge on any atom is -0.444 e. The van der Waals surface area contributed by atoms with E-state index >= 15 is 0 Å². The number of rotatable bonds is 1. The minimum absolute atomic E-state index is 0.279. The van der Waals surface area contributed by atoms with Crippen LogP contribution in [-0.2, 0) is 0 Å². The van der Waals surface area contributed by atoms with Crippen molar-refractivity contribution in [2.75, 3.05) is 0 Å². The number of hydrogen-bond acceptors (Lipinski definition) is 2. The molecule has 0 N–H and O–H groups in total. The lowest BCUT2D eigenvalue weighted by atomic mass is 9.87. The van der Waals surface area contributed by atoms with Gasteiger partial charge in [-0.15, -0.1) is 0 Å². The normalized spacial score (nSPS) is 11.6. The van der Waals surface area contributed by atoms with Crippen molar-refractivity contribution in [3.63, 3.8) is 0 Å². The molecule has 1 aromatic rings. The number of aromatic nitrogens is 2.